The maximum absolute atomic E-state index is 11.0. The molecule has 2 heterocycles. The molecule has 4 rings (SSSR count). The van der Waals surface area contributed by atoms with Crippen LogP contribution in [-0.4, -0.2) is 17.4 Å². The number of benzene rings is 2. The maximum atomic E-state index is 11.0. The van der Waals surface area contributed by atoms with Gasteiger partial charge in [0.2, 0.25) is 5.88 Å². The first-order valence-corrected chi connectivity index (χ1v) is 10.2. The first kappa shape index (κ1) is 19.3. The number of allylic oxidation sites excluding steroid dienone is 1. The molecule has 0 spiro atoms. The van der Waals surface area contributed by atoms with Crippen molar-refractivity contribution >= 4 is 17.4 Å². The van der Waals surface area contributed by atoms with Crippen molar-refractivity contribution in [2.75, 3.05) is 6.26 Å². The molecular weight excluding hydrogens is 390 g/mol. The van der Waals surface area contributed by atoms with Crippen LogP contribution in [0.4, 0.5) is 5.69 Å². The van der Waals surface area contributed by atoms with E-state index in [-0.39, 0.29) is 29.4 Å². The van der Waals surface area contributed by atoms with Crippen LogP contribution < -0.4 is 16.6 Å². The van der Waals surface area contributed by atoms with Gasteiger partial charge >= 0.3 is 0 Å². The SMILES string of the molecule is CSc1ccc(C2C(C#N)=C(N)OC3NNC(c4ccc([N+](=O)[O-])cc4)C32)cc1. The summed E-state index contributed by atoms with van der Waals surface area (Å²) in [5.74, 6) is -0.331. The lowest BCUT2D eigenvalue weighted by Gasteiger charge is -2.36. The third-order valence-electron chi connectivity index (χ3n) is 5.39. The first-order valence-electron chi connectivity index (χ1n) is 8.99. The van der Waals surface area contributed by atoms with Gasteiger partial charge in [0.15, 0.2) is 6.23 Å². The number of nitrogens with one attached hydrogen (secondary N) is 2. The van der Waals surface area contributed by atoms with E-state index in [1.165, 1.54) is 12.1 Å². The summed E-state index contributed by atoms with van der Waals surface area (Å²) in [5.41, 5.74) is 14.6. The highest BCUT2D eigenvalue weighted by Crippen LogP contribution is 2.47. The normalized spacial score (nSPS) is 25.8. The average molecular weight is 409 g/mol. The number of ether oxygens (including phenoxy) is 1. The zero-order valence-electron chi connectivity index (χ0n) is 15.5. The van der Waals surface area contributed by atoms with Crippen LogP contribution in [0.1, 0.15) is 23.1 Å². The fourth-order valence-electron chi connectivity index (χ4n) is 3.99. The molecule has 2 aliphatic rings. The number of hydrazine groups is 1. The fraction of sp³-hybridized carbons (Fsp3) is 0.250. The van der Waals surface area contributed by atoms with Crippen LogP contribution in [0.25, 0.3) is 0 Å². The zero-order valence-corrected chi connectivity index (χ0v) is 16.3. The second kappa shape index (κ2) is 7.75. The third kappa shape index (κ3) is 3.42. The summed E-state index contributed by atoms with van der Waals surface area (Å²) in [4.78, 5) is 11.7. The van der Waals surface area contributed by atoms with Crippen LogP contribution in [-0.2, 0) is 4.74 Å². The number of nitriles is 1. The van der Waals surface area contributed by atoms with Crippen molar-refractivity contribution in [3.05, 3.63) is 81.2 Å². The molecule has 29 heavy (non-hydrogen) atoms. The van der Waals surface area contributed by atoms with Gasteiger partial charge in [0.25, 0.3) is 5.69 Å². The average Bonchev–Trinajstić information content (AvgIpc) is 3.16. The number of nitro benzene ring substituents is 1. The van der Waals surface area contributed by atoms with E-state index >= 15 is 0 Å². The van der Waals surface area contributed by atoms with Crippen molar-refractivity contribution in [1.29, 1.82) is 5.26 Å². The molecule has 2 aliphatic heterocycles. The summed E-state index contributed by atoms with van der Waals surface area (Å²) < 4.78 is 5.77. The Balaban J connectivity index is 1.76. The molecule has 8 nitrogen and oxygen atoms in total. The molecule has 0 bridgehead atoms. The highest BCUT2D eigenvalue weighted by Gasteiger charge is 2.49. The second-order valence-electron chi connectivity index (χ2n) is 6.87. The molecule has 0 aliphatic carbocycles. The van der Waals surface area contributed by atoms with Crippen LogP contribution in [0.2, 0.25) is 0 Å². The van der Waals surface area contributed by atoms with Crippen molar-refractivity contribution in [3.8, 4) is 6.07 Å². The number of rotatable bonds is 4. The Kier molecular flexibility index (Phi) is 5.15. The van der Waals surface area contributed by atoms with E-state index in [9.17, 15) is 15.4 Å². The fourth-order valence-corrected chi connectivity index (χ4v) is 4.40. The van der Waals surface area contributed by atoms with E-state index in [0.29, 0.717) is 5.57 Å². The summed E-state index contributed by atoms with van der Waals surface area (Å²) in [7, 11) is 0. The molecular formula is C20H19N5O3S. The van der Waals surface area contributed by atoms with E-state index < -0.39 is 11.2 Å². The Morgan fingerprint density at radius 2 is 1.79 bits per heavy atom. The van der Waals surface area contributed by atoms with E-state index in [1.807, 2.05) is 30.5 Å². The van der Waals surface area contributed by atoms with Crippen molar-refractivity contribution in [3.63, 3.8) is 0 Å². The number of hydrogen-bond acceptors (Lipinski definition) is 8. The molecule has 9 heteroatoms. The number of nitrogens with zero attached hydrogens (tertiary/aromatic N) is 2. The number of nitrogens with two attached hydrogens (primary N) is 1. The molecule has 0 saturated carbocycles. The number of fused-ring (bicyclic) bond motifs is 1. The Morgan fingerprint density at radius 1 is 1.14 bits per heavy atom. The Labute approximate surface area is 171 Å². The minimum absolute atomic E-state index is 0.0298. The smallest absolute Gasteiger partial charge is 0.269 e. The minimum Gasteiger partial charge on any atom is -0.458 e. The molecule has 4 atom stereocenters. The molecule has 4 N–H and O–H groups in total. The van der Waals surface area contributed by atoms with Crippen molar-refractivity contribution in [2.45, 2.75) is 23.1 Å². The highest BCUT2D eigenvalue weighted by atomic mass is 32.2. The molecule has 148 valence electrons. The van der Waals surface area contributed by atoms with Gasteiger partial charge in [-0.3, -0.25) is 10.1 Å². The van der Waals surface area contributed by atoms with Gasteiger partial charge < -0.3 is 10.5 Å². The number of nitro groups is 1. The summed E-state index contributed by atoms with van der Waals surface area (Å²) in [6.07, 6.45) is 1.57. The molecule has 2 aromatic carbocycles. The molecule has 2 aromatic rings. The predicted molar refractivity (Wildman–Crippen MR) is 108 cm³/mol. The third-order valence-corrected chi connectivity index (χ3v) is 6.13. The predicted octanol–water partition coefficient (Wildman–Crippen LogP) is 2.92. The Bertz CT molecular complexity index is 1000. The van der Waals surface area contributed by atoms with Gasteiger partial charge in [0, 0.05) is 28.9 Å². The number of thioether (sulfide) groups is 1. The molecule has 0 amide bonds. The van der Waals surface area contributed by atoms with Crippen molar-refractivity contribution < 1.29 is 9.66 Å². The molecule has 0 aromatic heterocycles. The zero-order chi connectivity index (χ0) is 20.5. The van der Waals surface area contributed by atoms with Crippen molar-refractivity contribution in [1.82, 2.24) is 10.9 Å². The van der Waals surface area contributed by atoms with Gasteiger partial charge in [-0.1, -0.05) is 24.3 Å². The first-order chi connectivity index (χ1) is 14.0. The number of non-ortho nitro benzene ring substituents is 1. The molecule has 0 radical (unpaired) electrons. The lowest BCUT2D eigenvalue weighted by molar-refractivity contribution is -0.384. The highest BCUT2D eigenvalue weighted by molar-refractivity contribution is 7.98. The molecule has 1 fully saturated rings. The lowest BCUT2D eigenvalue weighted by Crippen LogP contribution is -2.40. The van der Waals surface area contributed by atoms with Crippen molar-refractivity contribution in [2.24, 2.45) is 11.7 Å². The summed E-state index contributed by atoms with van der Waals surface area (Å²) in [6.45, 7) is 0. The van der Waals surface area contributed by atoms with Gasteiger partial charge in [-0.25, -0.2) is 10.9 Å². The van der Waals surface area contributed by atoms with E-state index in [1.54, 1.807) is 23.9 Å². The summed E-state index contributed by atoms with van der Waals surface area (Å²) in [5, 5.41) is 20.7. The van der Waals surface area contributed by atoms with E-state index in [2.05, 4.69) is 16.9 Å². The van der Waals surface area contributed by atoms with Gasteiger partial charge in [-0.05, 0) is 29.5 Å². The summed E-state index contributed by atoms with van der Waals surface area (Å²) >= 11 is 1.65. The van der Waals surface area contributed by atoms with Crippen LogP contribution in [0.5, 0.6) is 0 Å². The van der Waals surface area contributed by atoms with Gasteiger partial charge in [-0.15, -0.1) is 11.8 Å². The van der Waals surface area contributed by atoms with Crippen LogP contribution >= 0.6 is 11.8 Å². The van der Waals surface area contributed by atoms with Gasteiger partial charge in [-0.2, -0.15) is 5.26 Å². The minimum atomic E-state index is -0.433. The van der Waals surface area contributed by atoms with Crippen LogP contribution in [0, 0.1) is 27.4 Å². The quantitative estimate of drug-likeness (QED) is 0.400. The van der Waals surface area contributed by atoms with Gasteiger partial charge in [0.1, 0.15) is 6.07 Å². The maximum Gasteiger partial charge on any atom is 0.269 e. The Hall–Kier alpha value is -3.06. The summed E-state index contributed by atoms with van der Waals surface area (Å²) in [6, 6.07) is 16.5. The topological polar surface area (TPSA) is 126 Å². The lowest BCUT2D eigenvalue weighted by atomic mass is 9.74. The van der Waals surface area contributed by atoms with E-state index in [0.717, 1.165) is 16.0 Å². The largest absolute Gasteiger partial charge is 0.458 e. The Morgan fingerprint density at radius 3 is 2.38 bits per heavy atom. The number of hydrogen-bond donors (Lipinski definition) is 3. The molecule has 1 saturated heterocycles. The van der Waals surface area contributed by atoms with Gasteiger partial charge in [0.05, 0.1) is 16.5 Å². The van der Waals surface area contributed by atoms with E-state index in [4.69, 9.17) is 10.5 Å². The molecule has 4 unspecified atom stereocenters. The van der Waals surface area contributed by atoms with Crippen LogP contribution in [0.15, 0.2) is 64.9 Å². The standard InChI is InChI=1S/C20H19N5O3S/c1-29-14-8-4-11(5-9-14)16-15(10-21)19(22)28-20-17(16)18(23-24-20)12-2-6-13(7-3-12)25(26)27/h2-9,16-18,20,23-24H,22H2,1H3. The second-order valence-corrected chi connectivity index (χ2v) is 7.75. The van der Waals surface area contributed by atoms with Crippen LogP contribution in [0.3, 0.4) is 0 Å². The monoisotopic (exact) mass is 409 g/mol.